The fourth-order valence-corrected chi connectivity index (χ4v) is 3.50. The van der Waals surface area contributed by atoms with Crippen LogP contribution in [0.25, 0.3) is 0 Å². The molecule has 1 atom stereocenters. The van der Waals surface area contributed by atoms with E-state index in [2.05, 4.69) is 20.7 Å². The summed E-state index contributed by atoms with van der Waals surface area (Å²) in [5.74, 6) is 0.117. The van der Waals surface area contributed by atoms with E-state index in [1.807, 2.05) is 0 Å². The van der Waals surface area contributed by atoms with Gasteiger partial charge in [0.25, 0.3) is 5.91 Å². The summed E-state index contributed by atoms with van der Waals surface area (Å²) in [6, 6.07) is 8.93. The van der Waals surface area contributed by atoms with Gasteiger partial charge in [0.2, 0.25) is 11.9 Å². The normalized spacial score (nSPS) is 15.3. The standard InChI is InChI=1S/C22H20F3N5O4/c1-2-33-18-8-13(16-10-19(31)29-21-26-12-27-30(16)21)6-7-17(18)34-11-20(32)28-15-5-3-4-14(9-15)22(23,24)25/h3-9,12,16H,2,10-11H2,1H3,(H,28,32)(H,26,27,29,31)/t16-/m0/s1. The monoisotopic (exact) mass is 475 g/mol. The molecule has 0 aliphatic carbocycles. The zero-order valence-corrected chi connectivity index (χ0v) is 17.9. The lowest BCUT2D eigenvalue weighted by Gasteiger charge is -2.24. The summed E-state index contributed by atoms with van der Waals surface area (Å²) in [5.41, 5.74) is -0.138. The molecule has 0 fully saturated rings. The van der Waals surface area contributed by atoms with Gasteiger partial charge >= 0.3 is 6.18 Å². The Labute approximate surface area is 191 Å². The van der Waals surface area contributed by atoms with Crippen LogP contribution in [0.4, 0.5) is 24.8 Å². The maximum Gasteiger partial charge on any atom is 0.416 e. The first-order chi connectivity index (χ1) is 16.2. The van der Waals surface area contributed by atoms with Crippen molar-refractivity contribution >= 4 is 23.5 Å². The highest BCUT2D eigenvalue weighted by Gasteiger charge is 2.31. The number of ether oxygens (including phenoxy) is 2. The number of carbonyl (C=O) groups excluding carboxylic acids is 2. The Balaban J connectivity index is 1.47. The number of rotatable bonds is 7. The molecule has 9 nitrogen and oxygen atoms in total. The first kappa shape index (κ1) is 23.1. The molecule has 0 radical (unpaired) electrons. The minimum atomic E-state index is -4.52. The smallest absolute Gasteiger partial charge is 0.416 e. The highest BCUT2D eigenvalue weighted by atomic mass is 19.4. The molecule has 0 spiro atoms. The van der Waals surface area contributed by atoms with Crippen molar-refractivity contribution in [2.24, 2.45) is 0 Å². The molecule has 2 amide bonds. The number of benzene rings is 2. The Hall–Kier alpha value is -4.09. The second-order valence-corrected chi connectivity index (χ2v) is 7.35. The average Bonchev–Trinajstić information content (AvgIpc) is 3.26. The molecule has 3 aromatic rings. The third-order valence-corrected chi connectivity index (χ3v) is 4.98. The quantitative estimate of drug-likeness (QED) is 0.540. The molecule has 2 heterocycles. The molecule has 0 unspecified atom stereocenters. The van der Waals surface area contributed by atoms with E-state index in [0.29, 0.717) is 18.3 Å². The van der Waals surface area contributed by atoms with Gasteiger partial charge in [0, 0.05) is 5.69 Å². The molecule has 1 aliphatic heterocycles. The van der Waals surface area contributed by atoms with Crippen molar-refractivity contribution in [3.8, 4) is 11.5 Å². The largest absolute Gasteiger partial charge is 0.490 e. The van der Waals surface area contributed by atoms with Crippen LogP contribution in [-0.2, 0) is 15.8 Å². The number of carbonyl (C=O) groups is 2. The SMILES string of the molecule is CCOc1cc([C@@H]2CC(=O)Nc3ncnn32)ccc1OCC(=O)Nc1cccc(C(F)(F)F)c1. The van der Waals surface area contributed by atoms with Gasteiger partial charge in [-0.2, -0.15) is 23.3 Å². The minimum absolute atomic E-state index is 0.00279. The van der Waals surface area contributed by atoms with Crippen molar-refractivity contribution in [3.63, 3.8) is 0 Å². The Bertz CT molecular complexity index is 1210. The number of halogens is 3. The maximum atomic E-state index is 12.9. The molecule has 4 rings (SSSR count). The van der Waals surface area contributed by atoms with E-state index < -0.39 is 30.3 Å². The Morgan fingerprint density at radius 3 is 2.79 bits per heavy atom. The van der Waals surface area contributed by atoms with Crippen molar-refractivity contribution in [2.45, 2.75) is 25.6 Å². The summed E-state index contributed by atoms with van der Waals surface area (Å²) in [4.78, 5) is 28.3. The zero-order chi connectivity index (χ0) is 24.3. The van der Waals surface area contributed by atoms with E-state index >= 15 is 0 Å². The molecule has 1 aliphatic rings. The second kappa shape index (κ2) is 9.41. The lowest BCUT2D eigenvalue weighted by molar-refractivity contribution is -0.137. The van der Waals surface area contributed by atoms with Crippen LogP contribution in [0.3, 0.4) is 0 Å². The van der Waals surface area contributed by atoms with E-state index in [1.54, 1.807) is 29.8 Å². The summed E-state index contributed by atoms with van der Waals surface area (Å²) in [6.07, 6.45) is -3.02. The van der Waals surface area contributed by atoms with E-state index in [-0.39, 0.29) is 23.8 Å². The van der Waals surface area contributed by atoms with Crippen LogP contribution in [0.2, 0.25) is 0 Å². The number of fused-ring (bicyclic) bond motifs is 1. The maximum absolute atomic E-state index is 12.9. The van der Waals surface area contributed by atoms with Crippen molar-refractivity contribution < 1.29 is 32.2 Å². The van der Waals surface area contributed by atoms with Crippen molar-refractivity contribution in [3.05, 3.63) is 59.9 Å². The van der Waals surface area contributed by atoms with Gasteiger partial charge in [-0.15, -0.1) is 0 Å². The number of nitrogens with one attached hydrogen (secondary N) is 2. The number of amides is 2. The molecule has 178 valence electrons. The summed E-state index contributed by atoms with van der Waals surface area (Å²) < 4.78 is 51.4. The van der Waals surface area contributed by atoms with Gasteiger partial charge in [-0.05, 0) is 42.8 Å². The minimum Gasteiger partial charge on any atom is -0.490 e. The Morgan fingerprint density at radius 1 is 1.21 bits per heavy atom. The summed E-state index contributed by atoms with van der Waals surface area (Å²) >= 11 is 0. The van der Waals surface area contributed by atoms with Gasteiger partial charge in [-0.1, -0.05) is 12.1 Å². The molecule has 34 heavy (non-hydrogen) atoms. The van der Waals surface area contributed by atoms with Crippen LogP contribution >= 0.6 is 0 Å². The predicted octanol–water partition coefficient (Wildman–Crippen LogP) is 3.64. The van der Waals surface area contributed by atoms with Gasteiger partial charge < -0.3 is 14.8 Å². The highest BCUT2D eigenvalue weighted by molar-refractivity contribution is 5.92. The van der Waals surface area contributed by atoms with E-state index in [0.717, 1.165) is 17.7 Å². The highest BCUT2D eigenvalue weighted by Crippen LogP contribution is 2.35. The van der Waals surface area contributed by atoms with Crippen LogP contribution < -0.4 is 20.1 Å². The number of hydrogen-bond donors (Lipinski definition) is 2. The molecule has 0 saturated heterocycles. The molecule has 0 bridgehead atoms. The molecule has 2 N–H and O–H groups in total. The topological polar surface area (TPSA) is 107 Å². The Morgan fingerprint density at radius 2 is 2.03 bits per heavy atom. The molecule has 0 saturated carbocycles. The van der Waals surface area contributed by atoms with Crippen LogP contribution in [0, 0.1) is 0 Å². The third kappa shape index (κ3) is 5.11. The zero-order valence-electron chi connectivity index (χ0n) is 17.9. The fraction of sp³-hybridized carbons (Fsp3) is 0.273. The van der Waals surface area contributed by atoms with Crippen LogP contribution in [0.5, 0.6) is 11.5 Å². The summed E-state index contributed by atoms with van der Waals surface area (Å²) in [7, 11) is 0. The molecular weight excluding hydrogens is 455 g/mol. The van der Waals surface area contributed by atoms with E-state index in [1.165, 1.54) is 18.5 Å². The number of alkyl halides is 3. The van der Waals surface area contributed by atoms with E-state index in [9.17, 15) is 22.8 Å². The molecular formula is C22H20F3N5O4. The van der Waals surface area contributed by atoms with Crippen molar-refractivity contribution in [1.29, 1.82) is 0 Å². The van der Waals surface area contributed by atoms with E-state index in [4.69, 9.17) is 9.47 Å². The first-order valence-corrected chi connectivity index (χ1v) is 10.3. The number of nitrogens with zero attached hydrogens (tertiary/aromatic N) is 3. The second-order valence-electron chi connectivity index (χ2n) is 7.35. The van der Waals surface area contributed by atoms with Crippen molar-refractivity contribution in [2.75, 3.05) is 23.8 Å². The predicted molar refractivity (Wildman–Crippen MR) is 115 cm³/mol. The average molecular weight is 475 g/mol. The number of aromatic nitrogens is 3. The van der Waals surface area contributed by atoms with Crippen LogP contribution in [0.1, 0.15) is 30.5 Å². The molecule has 12 heteroatoms. The molecule has 1 aromatic heterocycles. The third-order valence-electron chi connectivity index (χ3n) is 4.98. The van der Waals surface area contributed by atoms with Crippen LogP contribution in [-0.4, -0.2) is 39.8 Å². The number of anilines is 2. The number of hydrogen-bond acceptors (Lipinski definition) is 6. The van der Waals surface area contributed by atoms with Gasteiger partial charge in [0.1, 0.15) is 6.33 Å². The molecule has 2 aromatic carbocycles. The lowest BCUT2D eigenvalue weighted by Crippen LogP contribution is -2.29. The summed E-state index contributed by atoms with van der Waals surface area (Å²) in [6.45, 7) is 1.64. The van der Waals surface area contributed by atoms with Gasteiger partial charge in [-0.25, -0.2) is 4.68 Å². The Kier molecular flexibility index (Phi) is 6.39. The first-order valence-electron chi connectivity index (χ1n) is 10.3. The van der Waals surface area contributed by atoms with Gasteiger partial charge in [-0.3, -0.25) is 14.9 Å². The lowest BCUT2D eigenvalue weighted by atomic mass is 10.0. The summed E-state index contributed by atoms with van der Waals surface area (Å²) in [5, 5.41) is 9.19. The van der Waals surface area contributed by atoms with Gasteiger partial charge in [0.15, 0.2) is 18.1 Å². The van der Waals surface area contributed by atoms with Crippen molar-refractivity contribution in [1.82, 2.24) is 14.8 Å². The van der Waals surface area contributed by atoms with Gasteiger partial charge in [0.05, 0.1) is 24.6 Å². The fourth-order valence-electron chi connectivity index (χ4n) is 3.50. The van der Waals surface area contributed by atoms with Crippen LogP contribution in [0.15, 0.2) is 48.8 Å².